The normalized spacial score (nSPS) is 10.8. The number of aryl methyl sites for hydroxylation is 2. The van der Waals surface area contributed by atoms with Crippen molar-refractivity contribution in [1.29, 1.82) is 0 Å². The number of rotatable bonds is 4. The number of aromatic nitrogens is 1. The minimum Gasteiger partial charge on any atom is -0.258 e. The summed E-state index contributed by atoms with van der Waals surface area (Å²) in [5, 5.41) is 0. The van der Waals surface area contributed by atoms with Crippen LogP contribution in [0.4, 0.5) is 0 Å². The molecule has 1 rings (SSSR count). The van der Waals surface area contributed by atoms with Gasteiger partial charge < -0.3 is 0 Å². The zero-order valence-electron chi connectivity index (χ0n) is 10.8. The SMILES string of the molecule is C.[2H]c1c(C)nc(CCC)c(CC)c1CC. The number of hydrogen-bond donors (Lipinski definition) is 0. The van der Waals surface area contributed by atoms with Crippen molar-refractivity contribution in [1.82, 2.24) is 4.98 Å². The molecular formula is C14H25N. The van der Waals surface area contributed by atoms with Gasteiger partial charge in [0.25, 0.3) is 0 Å². The number of pyridine rings is 1. The Hall–Kier alpha value is -0.850. The molecule has 0 aliphatic rings. The molecule has 1 nitrogen and oxygen atoms in total. The standard InChI is InChI=1S/C13H21N.CH4/c1-5-8-13-12(7-3)11(6-2)9-10(4)14-13;/h9H,5-8H2,1-4H3;1H4/i9D;. The second-order valence-corrected chi connectivity index (χ2v) is 3.68. The van der Waals surface area contributed by atoms with E-state index in [9.17, 15) is 0 Å². The van der Waals surface area contributed by atoms with Crippen LogP contribution in [0, 0.1) is 6.92 Å². The first-order valence-corrected chi connectivity index (χ1v) is 5.63. The first kappa shape index (κ1) is 12.2. The molecule has 0 spiro atoms. The molecule has 1 aromatic heterocycles. The summed E-state index contributed by atoms with van der Waals surface area (Å²) in [6.07, 6.45) is 4.11. The van der Waals surface area contributed by atoms with Crippen LogP contribution in [0.3, 0.4) is 0 Å². The molecule has 0 N–H and O–H groups in total. The van der Waals surface area contributed by atoms with Crippen molar-refractivity contribution in [3.63, 3.8) is 0 Å². The summed E-state index contributed by atoms with van der Waals surface area (Å²) in [4.78, 5) is 4.55. The van der Waals surface area contributed by atoms with E-state index >= 15 is 0 Å². The van der Waals surface area contributed by atoms with Crippen molar-refractivity contribution < 1.29 is 1.37 Å². The van der Waals surface area contributed by atoms with E-state index in [2.05, 4.69) is 25.8 Å². The third-order valence-corrected chi connectivity index (χ3v) is 2.54. The van der Waals surface area contributed by atoms with E-state index in [1.54, 1.807) is 0 Å². The van der Waals surface area contributed by atoms with Gasteiger partial charge >= 0.3 is 0 Å². The maximum atomic E-state index is 8.01. The first-order chi connectivity index (χ1) is 7.15. The molecule has 0 aliphatic carbocycles. The number of hydrogen-bond acceptors (Lipinski definition) is 1. The molecule has 0 amide bonds. The molecular weight excluding hydrogens is 182 g/mol. The van der Waals surface area contributed by atoms with E-state index in [1.807, 2.05) is 6.92 Å². The van der Waals surface area contributed by atoms with Gasteiger partial charge in [0, 0.05) is 11.4 Å². The van der Waals surface area contributed by atoms with E-state index in [0.29, 0.717) is 6.04 Å². The van der Waals surface area contributed by atoms with E-state index in [-0.39, 0.29) is 7.43 Å². The molecule has 0 radical (unpaired) electrons. The summed E-state index contributed by atoms with van der Waals surface area (Å²) in [6.45, 7) is 8.41. The highest BCUT2D eigenvalue weighted by molar-refractivity contribution is 5.32. The van der Waals surface area contributed by atoms with E-state index < -0.39 is 0 Å². The van der Waals surface area contributed by atoms with Gasteiger partial charge in [-0.25, -0.2) is 0 Å². The van der Waals surface area contributed by atoms with Gasteiger partial charge in [-0.15, -0.1) is 0 Å². The van der Waals surface area contributed by atoms with Crippen LogP contribution in [0.15, 0.2) is 6.04 Å². The lowest BCUT2D eigenvalue weighted by Crippen LogP contribution is -2.03. The van der Waals surface area contributed by atoms with Gasteiger partial charge in [0.2, 0.25) is 0 Å². The summed E-state index contributed by atoms with van der Waals surface area (Å²) in [7, 11) is 0. The fraction of sp³-hybridized carbons (Fsp3) is 0.643. The lowest BCUT2D eigenvalue weighted by Gasteiger charge is -2.12. The van der Waals surface area contributed by atoms with Crippen LogP contribution < -0.4 is 0 Å². The van der Waals surface area contributed by atoms with Crippen LogP contribution in [0.25, 0.3) is 0 Å². The molecule has 0 saturated carbocycles. The molecule has 0 unspecified atom stereocenters. The zero-order chi connectivity index (χ0) is 11.4. The molecule has 0 aliphatic heterocycles. The monoisotopic (exact) mass is 208 g/mol. The second kappa shape index (κ2) is 6.60. The molecule has 0 fully saturated rings. The summed E-state index contributed by atoms with van der Waals surface area (Å²) < 4.78 is 8.01. The third kappa shape index (κ3) is 3.33. The molecule has 15 heavy (non-hydrogen) atoms. The Morgan fingerprint density at radius 2 is 1.93 bits per heavy atom. The average Bonchev–Trinajstić information content (AvgIpc) is 2.23. The van der Waals surface area contributed by atoms with Gasteiger partial charge in [-0.1, -0.05) is 34.6 Å². The molecule has 1 heterocycles. The van der Waals surface area contributed by atoms with E-state index in [4.69, 9.17) is 1.37 Å². The maximum Gasteiger partial charge on any atom is 0.0645 e. The Balaban J connectivity index is 0.00000225. The Morgan fingerprint density at radius 3 is 2.40 bits per heavy atom. The predicted octanol–water partition coefficient (Wildman–Crippen LogP) is 4.10. The lowest BCUT2D eigenvalue weighted by atomic mass is 9.98. The predicted molar refractivity (Wildman–Crippen MR) is 68.5 cm³/mol. The summed E-state index contributed by atoms with van der Waals surface area (Å²) in [5.41, 5.74) is 4.61. The Morgan fingerprint density at radius 1 is 1.27 bits per heavy atom. The van der Waals surface area contributed by atoms with Crippen LogP contribution in [0.1, 0.15) is 58.5 Å². The quantitative estimate of drug-likeness (QED) is 0.726. The molecule has 1 heteroatoms. The molecule has 0 aromatic carbocycles. The van der Waals surface area contributed by atoms with Crippen molar-refractivity contribution in [2.24, 2.45) is 0 Å². The Labute approximate surface area is 96.3 Å². The molecule has 0 bridgehead atoms. The molecule has 1 aromatic rings. The van der Waals surface area contributed by atoms with Gasteiger partial charge in [0.05, 0.1) is 1.37 Å². The minimum absolute atomic E-state index is 0. The van der Waals surface area contributed by atoms with Crippen molar-refractivity contribution in [2.45, 2.75) is 60.8 Å². The van der Waals surface area contributed by atoms with Crippen molar-refractivity contribution in [2.75, 3.05) is 0 Å². The fourth-order valence-corrected chi connectivity index (χ4v) is 1.93. The van der Waals surface area contributed by atoms with Crippen molar-refractivity contribution in [3.05, 3.63) is 28.6 Å². The van der Waals surface area contributed by atoms with Crippen LogP contribution >= 0.6 is 0 Å². The molecule has 0 atom stereocenters. The third-order valence-electron chi connectivity index (χ3n) is 2.54. The first-order valence-electron chi connectivity index (χ1n) is 6.13. The molecule has 0 saturated heterocycles. The van der Waals surface area contributed by atoms with E-state index in [1.165, 1.54) is 16.8 Å². The maximum absolute atomic E-state index is 8.01. The zero-order valence-corrected chi connectivity index (χ0v) is 9.78. The largest absolute Gasteiger partial charge is 0.258 e. The lowest BCUT2D eigenvalue weighted by molar-refractivity contribution is 0.835. The number of nitrogens with zero attached hydrogens (tertiary/aromatic N) is 1. The van der Waals surface area contributed by atoms with E-state index in [0.717, 1.165) is 31.4 Å². The highest BCUT2D eigenvalue weighted by Gasteiger charge is 2.07. The Kier molecular flexibility index (Phi) is 5.38. The summed E-state index contributed by atoms with van der Waals surface area (Å²) in [6, 6.07) is 0.647. The fourth-order valence-electron chi connectivity index (χ4n) is 1.93. The molecule has 86 valence electrons. The van der Waals surface area contributed by atoms with Crippen molar-refractivity contribution >= 4 is 0 Å². The summed E-state index contributed by atoms with van der Waals surface area (Å²) >= 11 is 0. The highest BCUT2D eigenvalue weighted by Crippen LogP contribution is 2.17. The van der Waals surface area contributed by atoms with Gasteiger partial charge in [0.15, 0.2) is 0 Å². The summed E-state index contributed by atoms with van der Waals surface area (Å²) in [5.74, 6) is 0. The van der Waals surface area contributed by atoms with Gasteiger partial charge in [0.1, 0.15) is 0 Å². The van der Waals surface area contributed by atoms with Gasteiger partial charge in [-0.05, 0) is 43.4 Å². The van der Waals surface area contributed by atoms with Crippen LogP contribution in [0.2, 0.25) is 0 Å². The van der Waals surface area contributed by atoms with Crippen LogP contribution in [-0.2, 0) is 19.3 Å². The average molecular weight is 208 g/mol. The highest BCUT2D eigenvalue weighted by atomic mass is 14.7. The topological polar surface area (TPSA) is 12.9 Å². The Bertz CT molecular complexity index is 345. The van der Waals surface area contributed by atoms with Gasteiger partial charge in [-0.3, -0.25) is 4.98 Å². The van der Waals surface area contributed by atoms with Crippen LogP contribution in [0.5, 0.6) is 0 Å². The van der Waals surface area contributed by atoms with Gasteiger partial charge in [-0.2, -0.15) is 0 Å². The second-order valence-electron chi connectivity index (χ2n) is 3.68. The van der Waals surface area contributed by atoms with Crippen molar-refractivity contribution in [3.8, 4) is 0 Å². The minimum atomic E-state index is 0. The smallest absolute Gasteiger partial charge is 0.0645 e. The van der Waals surface area contributed by atoms with Crippen LogP contribution in [-0.4, -0.2) is 4.98 Å².